The number of halogens is 1. The van der Waals surface area contributed by atoms with E-state index < -0.39 is 5.92 Å². The Hall–Kier alpha value is -5.74. The lowest BCUT2D eigenvalue weighted by molar-refractivity contribution is -0.134. The Morgan fingerprint density at radius 3 is 2.55 bits per heavy atom. The number of amides is 3. The van der Waals surface area contributed by atoms with Gasteiger partial charge in [-0.05, 0) is 74.6 Å². The minimum atomic E-state index is -0.414. The van der Waals surface area contributed by atoms with Crippen LogP contribution in [0.1, 0.15) is 44.2 Å². The van der Waals surface area contributed by atoms with Gasteiger partial charge in [-0.1, -0.05) is 11.6 Å². The number of carbonyl (C=O) groups excluding carboxylic acids is 3. The number of hydrogen-bond acceptors (Lipinski definition) is 12. The minimum Gasteiger partial charge on any atom is -0.478 e. The van der Waals surface area contributed by atoms with Crippen molar-refractivity contribution in [3.63, 3.8) is 0 Å². The van der Waals surface area contributed by atoms with E-state index in [0.29, 0.717) is 47.1 Å². The van der Waals surface area contributed by atoms with Gasteiger partial charge in [-0.2, -0.15) is 10.1 Å². The number of nitrogens with zero attached hydrogens (tertiary/aromatic N) is 8. The SMILES string of the molecule is CNC(=O)COc1cc2cc(Nc3nc(N4CCN(CC5CCN(c6ccc7c(C8CCC(=O)NC8=O)nn(C)c7c6)CC5)[C@H](C)C4)ncc3Cl)ccc2n(C)c1=O. The third-order valence-electron chi connectivity index (χ3n) is 11.8. The summed E-state index contributed by atoms with van der Waals surface area (Å²) in [6.07, 6.45) is 4.63. The average molecular weight is 810 g/mol. The quantitative estimate of drug-likeness (QED) is 0.175. The van der Waals surface area contributed by atoms with Crippen LogP contribution in [0.4, 0.5) is 23.1 Å². The standard InChI is InChI=1S/C41H48ClN11O5/c1-24-21-53(41-44-20-31(42)38(47-41)45-27-5-9-32-26(17-27)18-34(40(57)49(32)3)58-23-36(55)43-2)16-15-52(24)22-25-11-13-51(14-12-25)28-6-7-29-33(19-28)50(4)48-37(29)30-8-10-35(54)46-39(30)56/h5-7,9,17-20,24-25,30H,8,10-16,21-23H2,1-4H3,(H,43,55)(H,44,45,47)(H,46,54,56)/t24-,30?/m1/s1. The molecular formula is C41H48ClN11O5. The number of fused-ring (bicyclic) bond motifs is 2. The van der Waals surface area contributed by atoms with Gasteiger partial charge >= 0.3 is 0 Å². The molecule has 2 aromatic carbocycles. The van der Waals surface area contributed by atoms with Gasteiger partial charge in [-0.15, -0.1) is 0 Å². The number of imide groups is 1. The normalized spacial score (nSPS) is 19.5. The molecule has 3 aliphatic heterocycles. The smallest absolute Gasteiger partial charge is 0.293 e. The van der Waals surface area contributed by atoms with Crippen LogP contribution in [-0.4, -0.2) is 106 Å². The summed E-state index contributed by atoms with van der Waals surface area (Å²) in [7, 11) is 5.09. The Morgan fingerprint density at radius 2 is 1.79 bits per heavy atom. The zero-order chi connectivity index (χ0) is 40.7. The molecule has 8 rings (SSSR count). The maximum Gasteiger partial charge on any atom is 0.293 e. The number of carbonyl (C=O) groups is 3. The van der Waals surface area contributed by atoms with Crippen LogP contribution in [0.15, 0.2) is 53.5 Å². The first-order valence-corrected chi connectivity index (χ1v) is 20.1. The number of benzene rings is 2. The monoisotopic (exact) mass is 809 g/mol. The van der Waals surface area contributed by atoms with Gasteiger partial charge in [0.1, 0.15) is 5.02 Å². The fourth-order valence-electron chi connectivity index (χ4n) is 8.42. The summed E-state index contributed by atoms with van der Waals surface area (Å²) in [6.45, 7) is 7.46. The molecule has 3 aromatic heterocycles. The molecule has 3 saturated heterocycles. The Bertz CT molecular complexity index is 2460. The molecule has 0 radical (unpaired) electrons. The summed E-state index contributed by atoms with van der Waals surface area (Å²) < 4.78 is 8.86. The molecule has 6 heterocycles. The molecule has 2 atom stereocenters. The molecule has 0 bridgehead atoms. The molecule has 3 fully saturated rings. The van der Waals surface area contributed by atoms with Crippen LogP contribution in [-0.2, 0) is 28.5 Å². The summed E-state index contributed by atoms with van der Waals surface area (Å²) in [5.74, 6) is 0.527. The van der Waals surface area contributed by atoms with Crippen molar-refractivity contribution in [1.82, 2.24) is 39.8 Å². The van der Waals surface area contributed by atoms with Crippen molar-refractivity contribution in [2.24, 2.45) is 20.0 Å². The predicted molar refractivity (Wildman–Crippen MR) is 223 cm³/mol. The summed E-state index contributed by atoms with van der Waals surface area (Å²) in [5.41, 5.74) is 3.98. The number of piperazine rings is 1. The van der Waals surface area contributed by atoms with Crippen molar-refractivity contribution in [2.45, 2.75) is 44.6 Å². The fourth-order valence-corrected chi connectivity index (χ4v) is 8.56. The topological polar surface area (TPSA) is 172 Å². The van der Waals surface area contributed by atoms with Gasteiger partial charge in [0.2, 0.25) is 17.8 Å². The first kappa shape index (κ1) is 39.1. The molecule has 304 valence electrons. The van der Waals surface area contributed by atoms with E-state index in [1.54, 1.807) is 19.3 Å². The zero-order valence-corrected chi connectivity index (χ0v) is 33.9. The minimum absolute atomic E-state index is 0.0837. The predicted octanol–water partition coefficient (Wildman–Crippen LogP) is 3.68. The lowest BCUT2D eigenvalue weighted by atomic mass is 9.92. The highest BCUT2D eigenvalue weighted by atomic mass is 35.5. The van der Waals surface area contributed by atoms with E-state index >= 15 is 0 Å². The molecule has 0 spiro atoms. The number of aromatic nitrogens is 5. The Kier molecular flexibility index (Phi) is 11.0. The van der Waals surface area contributed by atoms with Crippen LogP contribution in [0, 0.1) is 5.92 Å². The molecular weight excluding hydrogens is 762 g/mol. The van der Waals surface area contributed by atoms with Gasteiger partial charge in [0.25, 0.3) is 11.5 Å². The summed E-state index contributed by atoms with van der Waals surface area (Å²) in [4.78, 5) is 65.5. The fraction of sp³-hybridized carbons (Fsp3) is 0.439. The summed E-state index contributed by atoms with van der Waals surface area (Å²) in [6, 6.07) is 13.9. The van der Waals surface area contributed by atoms with Crippen molar-refractivity contribution in [3.05, 3.63) is 69.7 Å². The molecule has 3 N–H and O–H groups in total. The zero-order valence-electron chi connectivity index (χ0n) is 33.1. The van der Waals surface area contributed by atoms with Crippen LogP contribution in [0.3, 0.4) is 0 Å². The van der Waals surface area contributed by atoms with Gasteiger partial charge in [0.05, 0.1) is 28.8 Å². The first-order chi connectivity index (χ1) is 27.9. The highest BCUT2D eigenvalue weighted by Crippen LogP contribution is 2.34. The third kappa shape index (κ3) is 7.90. The van der Waals surface area contributed by atoms with Crippen molar-refractivity contribution < 1.29 is 19.1 Å². The number of ether oxygens (including phenoxy) is 1. The van der Waals surface area contributed by atoms with Gasteiger partial charge < -0.3 is 29.7 Å². The van der Waals surface area contributed by atoms with Crippen molar-refractivity contribution in [1.29, 1.82) is 0 Å². The third-order valence-corrected chi connectivity index (χ3v) is 12.1. The van der Waals surface area contributed by atoms with E-state index in [9.17, 15) is 19.2 Å². The second kappa shape index (κ2) is 16.3. The number of likely N-dealkylation sites (N-methyl/N-ethyl adjacent to an activating group) is 1. The van der Waals surface area contributed by atoms with E-state index in [2.05, 4.69) is 60.8 Å². The second-order valence-electron chi connectivity index (χ2n) is 15.5. The molecule has 58 heavy (non-hydrogen) atoms. The lowest BCUT2D eigenvalue weighted by Crippen LogP contribution is -2.54. The Morgan fingerprint density at radius 1 is 0.983 bits per heavy atom. The van der Waals surface area contributed by atoms with Crippen LogP contribution in [0.25, 0.3) is 21.8 Å². The maximum atomic E-state index is 12.8. The molecule has 3 aliphatic rings. The number of piperidine rings is 2. The van der Waals surface area contributed by atoms with Crippen molar-refractivity contribution >= 4 is 74.3 Å². The molecule has 0 aliphatic carbocycles. The molecule has 16 nitrogen and oxygen atoms in total. The number of pyridine rings is 1. The lowest BCUT2D eigenvalue weighted by Gasteiger charge is -2.43. The van der Waals surface area contributed by atoms with Gasteiger partial charge in [0.15, 0.2) is 18.2 Å². The Balaban J connectivity index is 0.867. The number of rotatable bonds is 10. The molecule has 17 heteroatoms. The molecule has 3 amide bonds. The van der Waals surface area contributed by atoms with Crippen LogP contribution >= 0.6 is 11.6 Å². The van der Waals surface area contributed by atoms with E-state index in [4.69, 9.17) is 26.4 Å². The van der Waals surface area contributed by atoms with E-state index in [1.807, 2.05) is 29.9 Å². The number of aryl methyl sites for hydroxylation is 2. The molecule has 1 unspecified atom stereocenters. The van der Waals surface area contributed by atoms with Gasteiger partial charge in [-0.25, -0.2) is 4.98 Å². The highest BCUT2D eigenvalue weighted by molar-refractivity contribution is 6.33. The highest BCUT2D eigenvalue weighted by Gasteiger charge is 2.33. The van der Waals surface area contributed by atoms with Crippen LogP contribution < -0.4 is 36.0 Å². The average Bonchev–Trinajstić information content (AvgIpc) is 3.55. The van der Waals surface area contributed by atoms with Crippen molar-refractivity contribution in [2.75, 3.05) is 68.0 Å². The van der Waals surface area contributed by atoms with Crippen molar-refractivity contribution in [3.8, 4) is 5.75 Å². The summed E-state index contributed by atoms with van der Waals surface area (Å²) in [5, 5.41) is 15.1. The summed E-state index contributed by atoms with van der Waals surface area (Å²) >= 11 is 6.59. The van der Waals surface area contributed by atoms with E-state index in [-0.39, 0.29) is 35.6 Å². The number of hydrogen-bond donors (Lipinski definition) is 3. The maximum absolute atomic E-state index is 12.8. The first-order valence-electron chi connectivity index (χ1n) is 19.8. The van der Waals surface area contributed by atoms with E-state index in [0.717, 1.165) is 85.5 Å². The molecule has 0 saturated carbocycles. The Labute approximate surface area is 340 Å². The molecule has 5 aromatic rings. The van der Waals surface area contributed by atoms with E-state index in [1.165, 1.54) is 11.6 Å². The largest absolute Gasteiger partial charge is 0.478 e. The van der Waals surface area contributed by atoms with Gasteiger partial charge in [-0.3, -0.25) is 34.1 Å². The van der Waals surface area contributed by atoms with Crippen LogP contribution in [0.5, 0.6) is 5.75 Å². The van der Waals surface area contributed by atoms with Crippen LogP contribution in [0.2, 0.25) is 5.02 Å². The van der Waals surface area contributed by atoms with Gasteiger partial charge in [0, 0.05) is 95.0 Å². The number of nitrogens with one attached hydrogen (secondary N) is 3. The second-order valence-corrected chi connectivity index (χ2v) is 15.9. The number of anilines is 4.